The fourth-order valence-electron chi connectivity index (χ4n) is 7.06. The predicted molar refractivity (Wildman–Crippen MR) is 158 cm³/mol. The van der Waals surface area contributed by atoms with Gasteiger partial charge in [-0.2, -0.15) is 0 Å². The molecule has 2 heterocycles. The molecule has 1 fully saturated rings. The van der Waals surface area contributed by atoms with Crippen LogP contribution in [0.25, 0.3) is 0 Å². The minimum atomic E-state index is -4.05. The van der Waals surface area contributed by atoms with Crippen LogP contribution in [-0.2, 0) is 26.6 Å². The van der Waals surface area contributed by atoms with E-state index in [2.05, 4.69) is 21.8 Å². The fourth-order valence-corrected chi connectivity index (χ4v) is 8.48. The molecule has 41 heavy (non-hydrogen) atoms. The first-order valence-corrected chi connectivity index (χ1v) is 16.3. The van der Waals surface area contributed by atoms with Crippen LogP contribution >= 0.6 is 11.6 Å². The van der Waals surface area contributed by atoms with Crippen LogP contribution in [0.3, 0.4) is 0 Å². The number of hydrogen-bond acceptors (Lipinski definition) is 7. The van der Waals surface area contributed by atoms with Crippen molar-refractivity contribution in [3.05, 3.63) is 70.3 Å². The number of aliphatic hydroxyl groups excluding tert-OH is 1. The molecule has 2 aromatic carbocycles. The number of carbonyl (C=O) groups excluding carboxylic acids is 1. The Morgan fingerprint density at radius 1 is 1.22 bits per heavy atom. The number of halogens is 1. The summed E-state index contributed by atoms with van der Waals surface area (Å²) in [6, 6.07) is 11.3. The van der Waals surface area contributed by atoms with Crippen LogP contribution in [0.5, 0.6) is 5.75 Å². The first-order valence-electron chi connectivity index (χ1n) is 14.4. The molecule has 2 bridgehead atoms. The molecule has 1 spiro atoms. The van der Waals surface area contributed by atoms with Crippen LogP contribution in [0, 0.1) is 11.8 Å². The van der Waals surface area contributed by atoms with Gasteiger partial charge in [-0.1, -0.05) is 29.8 Å². The Balaban J connectivity index is 1.42. The lowest BCUT2D eigenvalue weighted by Gasteiger charge is -2.45. The first-order chi connectivity index (χ1) is 19.7. The molecule has 0 radical (unpaired) electrons. The summed E-state index contributed by atoms with van der Waals surface area (Å²) in [6.45, 7) is 1.80. The average molecular weight is 601 g/mol. The third-order valence-corrected chi connectivity index (χ3v) is 11.3. The van der Waals surface area contributed by atoms with Crippen LogP contribution < -0.4 is 14.4 Å². The van der Waals surface area contributed by atoms with E-state index < -0.39 is 27.3 Å². The third kappa shape index (κ3) is 5.49. The van der Waals surface area contributed by atoms with E-state index in [0.717, 1.165) is 42.8 Å². The molecule has 2 aliphatic carbocycles. The Labute approximate surface area is 246 Å². The third-order valence-electron chi connectivity index (χ3n) is 9.43. The quantitative estimate of drug-likeness (QED) is 0.497. The van der Waals surface area contributed by atoms with Gasteiger partial charge in [0.1, 0.15) is 11.0 Å². The highest BCUT2D eigenvalue weighted by molar-refractivity contribution is 7.90. The van der Waals surface area contributed by atoms with Crippen molar-refractivity contribution in [2.24, 2.45) is 11.8 Å². The van der Waals surface area contributed by atoms with E-state index in [1.807, 2.05) is 6.07 Å². The van der Waals surface area contributed by atoms with Gasteiger partial charge in [0.15, 0.2) is 0 Å². The number of anilines is 1. The van der Waals surface area contributed by atoms with Crippen molar-refractivity contribution < 1.29 is 27.8 Å². The molecular formula is C31H37ClN2O6S. The van der Waals surface area contributed by atoms with Gasteiger partial charge in [0.25, 0.3) is 5.91 Å². The molecule has 2 aliphatic heterocycles. The lowest BCUT2D eigenvalue weighted by molar-refractivity contribution is 0.0456. The van der Waals surface area contributed by atoms with Crippen molar-refractivity contribution in [2.75, 3.05) is 38.3 Å². The van der Waals surface area contributed by atoms with Gasteiger partial charge in [0.2, 0.25) is 10.0 Å². The number of nitrogens with one attached hydrogen (secondary N) is 1. The Bertz CT molecular complexity index is 1460. The number of aryl methyl sites for hydroxylation is 1. The highest BCUT2D eigenvalue weighted by Gasteiger charge is 2.44. The van der Waals surface area contributed by atoms with E-state index in [0.29, 0.717) is 25.4 Å². The molecule has 10 heteroatoms. The maximum Gasteiger partial charge on any atom is 0.264 e. The van der Waals surface area contributed by atoms with Crippen LogP contribution in [0.4, 0.5) is 5.69 Å². The number of methoxy groups -OCH3 is 1. The Hall–Kier alpha value is -2.59. The number of rotatable bonds is 2. The van der Waals surface area contributed by atoms with Crippen molar-refractivity contribution in [1.82, 2.24) is 4.72 Å². The number of fused-ring (bicyclic) bond motifs is 4. The lowest BCUT2D eigenvalue weighted by atomic mass is 9.68. The second-order valence-corrected chi connectivity index (χ2v) is 14.4. The van der Waals surface area contributed by atoms with E-state index in [9.17, 15) is 18.3 Å². The van der Waals surface area contributed by atoms with Gasteiger partial charge in [0, 0.05) is 36.2 Å². The zero-order valence-electron chi connectivity index (χ0n) is 23.2. The molecule has 6 rings (SSSR count). The summed E-state index contributed by atoms with van der Waals surface area (Å²) < 4.78 is 40.3. The number of sulfonamides is 1. The van der Waals surface area contributed by atoms with Crippen molar-refractivity contribution in [2.45, 2.75) is 55.3 Å². The fraction of sp³-hybridized carbons (Fsp3) is 0.516. The molecule has 1 amide bonds. The number of amides is 1. The Kier molecular flexibility index (Phi) is 7.82. The normalized spacial score (nSPS) is 31.7. The largest absolute Gasteiger partial charge is 0.490 e. The molecule has 2 aromatic rings. The molecule has 2 N–H and O–H groups in total. The van der Waals surface area contributed by atoms with E-state index in [1.54, 1.807) is 30.4 Å². The van der Waals surface area contributed by atoms with Crippen LogP contribution in [0.15, 0.2) is 48.6 Å². The highest BCUT2D eigenvalue weighted by Crippen LogP contribution is 2.46. The van der Waals surface area contributed by atoms with Gasteiger partial charge >= 0.3 is 0 Å². The maximum absolute atomic E-state index is 13.3. The van der Waals surface area contributed by atoms with Gasteiger partial charge in [-0.3, -0.25) is 4.79 Å². The van der Waals surface area contributed by atoms with Crippen molar-refractivity contribution >= 4 is 33.2 Å². The first kappa shape index (κ1) is 28.5. The average Bonchev–Trinajstić information content (AvgIpc) is 3.07. The number of carbonyl (C=O) groups is 1. The van der Waals surface area contributed by atoms with Crippen LogP contribution in [-0.4, -0.2) is 64.2 Å². The minimum Gasteiger partial charge on any atom is -0.490 e. The Morgan fingerprint density at radius 2 is 2.07 bits per heavy atom. The molecule has 0 aromatic heterocycles. The van der Waals surface area contributed by atoms with E-state index >= 15 is 0 Å². The zero-order chi connectivity index (χ0) is 28.8. The van der Waals surface area contributed by atoms with Crippen molar-refractivity contribution in [3.63, 3.8) is 0 Å². The highest BCUT2D eigenvalue weighted by atomic mass is 35.5. The summed E-state index contributed by atoms with van der Waals surface area (Å²) in [6.07, 6.45) is 7.68. The maximum atomic E-state index is 13.3. The standard InChI is InChI=1S/C31H37ClN2O6S/c1-39-17-24-5-2-6-28(35)25-10-7-22(25)16-34-18-31(13-3-4-20-14-23(32)9-11-26(20)31)19-40-29-12-8-21(15-27(29)34)30(36)33-41(24,37)38/h2,6,8-9,11-12,14-15,22,24-25,28,35H,3-5,7,10,13,16-19H2,1H3,(H,33,36)/b6-2-/t22-,24-,25+,28-,31-/m0/s1. The summed E-state index contributed by atoms with van der Waals surface area (Å²) in [4.78, 5) is 15.6. The summed E-state index contributed by atoms with van der Waals surface area (Å²) >= 11 is 6.37. The number of hydrogen-bond donors (Lipinski definition) is 2. The zero-order valence-corrected chi connectivity index (χ0v) is 24.8. The molecule has 5 atom stereocenters. The van der Waals surface area contributed by atoms with Gasteiger partial charge in [0.05, 0.1) is 25.0 Å². The Morgan fingerprint density at radius 3 is 2.85 bits per heavy atom. The second kappa shape index (κ2) is 11.2. The second-order valence-electron chi connectivity index (χ2n) is 12.0. The summed E-state index contributed by atoms with van der Waals surface area (Å²) in [5.41, 5.74) is 3.25. The predicted octanol–water partition coefficient (Wildman–Crippen LogP) is 4.23. The summed E-state index contributed by atoms with van der Waals surface area (Å²) in [5.74, 6) is 0.288. The SMILES string of the molecule is COC[C@@H]1C/C=C\[C@H](O)[C@@H]2CC[C@H]2CN2C[C@@]3(CCCc4cc(Cl)ccc43)COc3ccc(cc32)C(=O)NS1(=O)=O. The van der Waals surface area contributed by atoms with E-state index in [1.165, 1.54) is 18.2 Å². The molecule has 4 aliphatic rings. The summed E-state index contributed by atoms with van der Waals surface area (Å²) in [7, 11) is -2.62. The van der Waals surface area contributed by atoms with Crippen molar-refractivity contribution in [1.29, 1.82) is 0 Å². The number of benzene rings is 2. The van der Waals surface area contributed by atoms with Crippen molar-refractivity contribution in [3.8, 4) is 5.75 Å². The van der Waals surface area contributed by atoms with Crippen LogP contribution in [0.1, 0.15) is 53.6 Å². The molecule has 8 nitrogen and oxygen atoms in total. The number of allylic oxidation sites excluding steroid dienone is 1. The van der Waals surface area contributed by atoms with Gasteiger partial charge in [-0.25, -0.2) is 13.1 Å². The molecule has 1 saturated carbocycles. The topological polar surface area (TPSA) is 105 Å². The summed E-state index contributed by atoms with van der Waals surface area (Å²) in [5, 5.41) is 10.8. The van der Waals surface area contributed by atoms with Gasteiger partial charge < -0.3 is 19.5 Å². The molecule has 0 saturated heterocycles. The molecular weight excluding hydrogens is 564 g/mol. The van der Waals surface area contributed by atoms with Crippen LogP contribution in [0.2, 0.25) is 5.02 Å². The molecule has 220 valence electrons. The van der Waals surface area contributed by atoms with E-state index in [-0.39, 0.29) is 35.8 Å². The molecule has 0 unspecified atom stereocenters. The number of ether oxygens (including phenoxy) is 2. The monoisotopic (exact) mass is 600 g/mol. The smallest absolute Gasteiger partial charge is 0.264 e. The number of aliphatic hydroxyl groups is 1. The van der Waals surface area contributed by atoms with Gasteiger partial charge in [-0.05, 0) is 91.8 Å². The van der Waals surface area contributed by atoms with E-state index in [4.69, 9.17) is 21.1 Å². The minimum absolute atomic E-state index is 0.0674. The lowest BCUT2D eigenvalue weighted by Crippen LogP contribution is -2.49. The van der Waals surface area contributed by atoms with Gasteiger partial charge in [-0.15, -0.1) is 0 Å². The number of nitrogens with zero attached hydrogens (tertiary/aromatic N) is 1.